The van der Waals surface area contributed by atoms with Gasteiger partial charge in [-0.3, -0.25) is 4.31 Å². The van der Waals surface area contributed by atoms with E-state index in [9.17, 15) is 14.1 Å². The van der Waals surface area contributed by atoms with Gasteiger partial charge in [-0.15, -0.1) is 0 Å². The van der Waals surface area contributed by atoms with E-state index in [1.807, 2.05) is 19.9 Å². The molecule has 2 aromatic rings. The predicted octanol–water partition coefficient (Wildman–Crippen LogP) is 4.22. The van der Waals surface area contributed by atoms with Crippen LogP contribution in [0.25, 0.3) is 11.8 Å². The fraction of sp³-hybridized carbons (Fsp3) is 0.417. The van der Waals surface area contributed by atoms with E-state index in [0.717, 1.165) is 12.8 Å². The summed E-state index contributed by atoms with van der Waals surface area (Å²) in [6.45, 7) is 9.48. The second kappa shape index (κ2) is 13.7. The van der Waals surface area contributed by atoms with E-state index in [1.165, 1.54) is 6.07 Å². The molecule has 1 unspecified atom stereocenters. The number of carboxylic acid groups (broad SMARTS) is 1. The number of hydrogen-bond acceptors (Lipinski definition) is 5. The second-order valence-electron chi connectivity index (χ2n) is 7.10. The number of aromatic nitrogens is 2. The first kappa shape index (κ1) is 26.5. The number of aromatic carboxylic acids is 1. The number of carboxylic acids is 1. The average molecular weight is 476 g/mol. The number of ether oxygens (including phenoxy) is 2. The van der Waals surface area contributed by atoms with Gasteiger partial charge < -0.3 is 19.6 Å². The van der Waals surface area contributed by atoms with E-state index in [2.05, 4.69) is 16.5 Å². The lowest BCUT2D eigenvalue weighted by molar-refractivity contribution is 0.0691. The van der Waals surface area contributed by atoms with Gasteiger partial charge in [0.25, 0.3) is 0 Å². The number of rotatable bonds is 13. The number of pyridine rings is 1. The summed E-state index contributed by atoms with van der Waals surface area (Å²) in [6.07, 6.45) is 7.12. The molecule has 0 saturated heterocycles. The van der Waals surface area contributed by atoms with Crippen LogP contribution >= 0.6 is 0 Å². The summed E-state index contributed by atoms with van der Waals surface area (Å²) >= 11 is 0. The summed E-state index contributed by atoms with van der Waals surface area (Å²) in [7, 11) is 0.0171. The van der Waals surface area contributed by atoms with E-state index in [-0.39, 0.29) is 12.3 Å². The van der Waals surface area contributed by atoms with Crippen molar-refractivity contribution in [2.24, 2.45) is 5.92 Å². The zero-order valence-electron chi connectivity index (χ0n) is 19.5. The zero-order chi connectivity index (χ0) is 24.2. The lowest BCUT2D eigenvalue weighted by Crippen LogP contribution is -2.28. The molecule has 0 aliphatic heterocycles. The maximum Gasteiger partial charge on any atom is 0.352 e. The quantitative estimate of drug-likeness (QED) is 0.421. The van der Waals surface area contributed by atoms with Crippen LogP contribution in [-0.2, 0) is 20.5 Å². The lowest BCUT2D eigenvalue weighted by atomic mass is 10.1. The van der Waals surface area contributed by atoms with Gasteiger partial charge in [0.05, 0.1) is 31.2 Å². The highest BCUT2D eigenvalue weighted by Gasteiger charge is 2.31. The summed E-state index contributed by atoms with van der Waals surface area (Å²) in [5, 5.41) is 9.88. The van der Waals surface area contributed by atoms with Crippen molar-refractivity contribution in [3.05, 3.63) is 60.1 Å². The molecule has 8 nitrogen and oxygen atoms in total. The lowest BCUT2D eigenvalue weighted by Gasteiger charge is -2.26. The molecule has 33 heavy (non-hydrogen) atoms. The van der Waals surface area contributed by atoms with Crippen molar-refractivity contribution >= 4 is 28.7 Å². The summed E-state index contributed by atoms with van der Waals surface area (Å²) in [6, 6.07) is 6.79. The van der Waals surface area contributed by atoms with Crippen molar-refractivity contribution < 1.29 is 23.6 Å². The highest BCUT2D eigenvalue weighted by Crippen LogP contribution is 2.35. The SMILES string of the molecule is C=Cc1cc(C(=O)O)[nH]c1/C(=C\COCCOC)N(CC1CC1)S(=O)c1ccccn1.CC. The first-order valence-corrected chi connectivity index (χ1v) is 12.1. The van der Waals surface area contributed by atoms with Crippen LogP contribution in [0.2, 0.25) is 0 Å². The molecular weight excluding hydrogens is 442 g/mol. The molecular formula is C24H33N3O5S. The first-order chi connectivity index (χ1) is 16.0. The highest BCUT2D eigenvalue weighted by atomic mass is 32.2. The highest BCUT2D eigenvalue weighted by molar-refractivity contribution is 7.82. The fourth-order valence-electron chi connectivity index (χ4n) is 3.00. The average Bonchev–Trinajstić information content (AvgIpc) is 3.56. The summed E-state index contributed by atoms with van der Waals surface area (Å²) in [5.41, 5.74) is 1.77. The van der Waals surface area contributed by atoms with E-state index in [1.54, 1.807) is 41.9 Å². The monoisotopic (exact) mass is 475 g/mol. The van der Waals surface area contributed by atoms with Crippen LogP contribution in [0, 0.1) is 5.92 Å². The number of H-pyrrole nitrogens is 1. The predicted molar refractivity (Wildman–Crippen MR) is 130 cm³/mol. The number of hydrogen-bond donors (Lipinski definition) is 2. The van der Waals surface area contributed by atoms with Crippen LogP contribution in [0.3, 0.4) is 0 Å². The summed E-state index contributed by atoms with van der Waals surface area (Å²) in [4.78, 5) is 18.8. The molecule has 180 valence electrons. The smallest absolute Gasteiger partial charge is 0.352 e. The molecule has 0 radical (unpaired) electrons. The second-order valence-corrected chi connectivity index (χ2v) is 8.46. The Kier molecular flexibility index (Phi) is 11.0. The number of aromatic amines is 1. The molecule has 1 aliphatic rings. The number of carbonyl (C=O) groups is 1. The largest absolute Gasteiger partial charge is 0.477 e. The normalized spacial score (nSPS) is 14.2. The first-order valence-electron chi connectivity index (χ1n) is 11.0. The van der Waals surface area contributed by atoms with E-state index < -0.39 is 17.0 Å². The van der Waals surface area contributed by atoms with Crippen molar-refractivity contribution in [2.75, 3.05) is 33.5 Å². The van der Waals surface area contributed by atoms with Gasteiger partial charge in [0, 0.05) is 25.4 Å². The molecule has 1 aliphatic carbocycles. The minimum atomic E-state index is -1.58. The molecule has 2 aromatic heterocycles. The standard InChI is InChI=1S/C22H27N3O5S.C2H6/c1-3-17-14-18(22(26)27)24-21(17)19(9-11-30-13-12-29-2)25(15-16-7-8-16)31(28)20-6-4-5-10-23-20;1-2/h3-6,9-10,14,16,24H,1,7-8,11-13,15H2,2H3,(H,26,27);1-2H3/b19-9+;. The Morgan fingerprint density at radius 3 is 2.70 bits per heavy atom. The van der Waals surface area contributed by atoms with Crippen LogP contribution in [0.5, 0.6) is 0 Å². The summed E-state index contributed by atoms with van der Waals surface area (Å²) < 4.78 is 25.9. The molecule has 2 heterocycles. The molecule has 0 spiro atoms. The third kappa shape index (κ3) is 7.66. The van der Waals surface area contributed by atoms with Gasteiger partial charge in [-0.05, 0) is 43.0 Å². The topological polar surface area (TPSA) is 105 Å². The van der Waals surface area contributed by atoms with E-state index in [4.69, 9.17) is 9.47 Å². The molecule has 3 rings (SSSR count). The Hall–Kier alpha value is -2.75. The van der Waals surface area contributed by atoms with Crippen LogP contribution in [0.4, 0.5) is 0 Å². The molecule has 2 N–H and O–H groups in total. The van der Waals surface area contributed by atoms with Crippen molar-refractivity contribution in [1.82, 2.24) is 14.3 Å². The number of nitrogens with zero attached hydrogens (tertiary/aromatic N) is 2. The van der Waals surface area contributed by atoms with Crippen molar-refractivity contribution in [3.8, 4) is 0 Å². The summed E-state index contributed by atoms with van der Waals surface area (Å²) in [5.74, 6) is -0.656. The molecule has 0 aromatic carbocycles. The maximum atomic E-state index is 13.5. The third-order valence-electron chi connectivity index (χ3n) is 4.79. The van der Waals surface area contributed by atoms with Gasteiger partial charge in [-0.25, -0.2) is 14.0 Å². The van der Waals surface area contributed by atoms with Gasteiger partial charge in [0.1, 0.15) is 10.7 Å². The van der Waals surface area contributed by atoms with Gasteiger partial charge in [0.15, 0.2) is 11.0 Å². The minimum absolute atomic E-state index is 0.0334. The molecule has 1 fully saturated rings. The van der Waals surface area contributed by atoms with Crippen molar-refractivity contribution in [3.63, 3.8) is 0 Å². The molecule has 0 bridgehead atoms. The fourth-order valence-corrected chi connectivity index (χ4v) is 4.27. The van der Waals surface area contributed by atoms with Crippen LogP contribution in [-0.4, -0.2) is 63.0 Å². The van der Waals surface area contributed by atoms with Crippen molar-refractivity contribution in [2.45, 2.75) is 31.7 Å². The molecule has 1 saturated carbocycles. The Bertz CT molecular complexity index is 954. The van der Waals surface area contributed by atoms with Gasteiger partial charge in [-0.1, -0.05) is 32.6 Å². The Morgan fingerprint density at radius 2 is 2.12 bits per heavy atom. The molecule has 0 amide bonds. The Balaban J connectivity index is 0.00000187. The van der Waals surface area contributed by atoms with Crippen molar-refractivity contribution in [1.29, 1.82) is 0 Å². The maximum absolute atomic E-state index is 13.5. The minimum Gasteiger partial charge on any atom is -0.477 e. The number of methoxy groups -OCH3 is 1. The Morgan fingerprint density at radius 1 is 1.36 bits per heavy atom. The van der Waals surface area contributed by atoms with Crippen LogP contribution in [0.15, 0.2) is 48.1 Å². The molecule has 9 heteroatoms. The Labute approximate surface area is 197 Å². The zero-order valence-corrected chi connectivity index (χ0v) is 20.3. The van der Waals surface area contributed by atoms with Gasteiger partial charge >= 0.3 is 5.97 Å². The van der Waals surface area contributed by atoms with E-state index >= 15 is 0 Å². The van der Waals surface area contributed by atoms with Crippen LogP contribution in [0.1, 0.15) is 48.4 Å². The number of nitrogens with one attached hydrogen (secondary N) is 1. The van der Waals surface area contributed by atoms with E-state index in [0.29, 0.717) is 47.7 Å². The van der Waals surface area contributed by atoms with Gasteiger partial charge in [0.2, 0.25) is 0 Å². The molecule has 1 atom stereocenters. The van der Waals surface area contributed by atoms with Gasteiger partial charge in [-0.2, -0.15) is 0 Å². The van der Waals surface area contributed by atoms with Crippen LogP contribution < -0.4 is 0 Å². The third-order valence-corrected chi connectivity index (χ3v) is 6.13.